The van der Waals surface area contributed by atoms with E-state index in [0.29, 0.717) is 10.8 Å². The van der Waals surface area contributed by atoms with Gasteiger partial charge in [0, 0.05) is 10.8 Å². The zero-order valence-corrected chi connectivity index (χ0v) is 11.7. The lowest BCUT2D eigenvalue weighted by atomic mass is 10.1. The maximum Gasteiger partial charge on any atom is 0.175 e. The fourth-order valence-electron chi connectivity index (χ4n) is 1.63. The van der Waals surface area contributed by atoms with E-state index in [-0.39, 0.29) is 17.1 Å². The van der Waals surface area contributed by atoms with Gasteiger partial charge in [0.05, 0.1) is 11.3 Å². The monoisotopic (exact) mass is 294 g/mol. The molecule has 2 aromatic rings. The van der Waals surface area contributed by atoms with Gasteiger partial charge < -0.3 is 0 Å². The number of carbonyl (C=O) groups excluding carboxylic acids is 1. The zero-order chi connectivity index (χ0) is 13.7. The van der Waals surface area contributed by atoms with Crippen LogP contribution in [0, 0.1) is 5.82 Å². The molecule has 0 spiro atoms. The Balaban J connectivity index is 1.92. The molecule has 0 unspecified atom stereocenters. The van der Waals surface area contributed by atoms with Crippen molar-refractivity contribution in [2.24, 2.45) is 0 Å². The van der Waals surface area contributed by atoms with Crippen molar-refractivity contribution in [3.8, 4) is 0 Å². The maximum absolute atomic E-state index is 13.4. The highest BCUT2D eigenvalue weighted by Crippen LogP contribution is 2.21. The summed E-state index contributed by atoms with van der Waals surface area (Å²) in [7, 11) is 0. The van der Waals surface area contributed by atoms with Crippen LogP contribution in [0.3, 0.4) is 0 Å². The lowest BCUT2D eigenvalue weighted by Crippen LogP contribution is -2.05. The van der Waals surface area contributed by atoms with Gasteiger partial charge in [0.1, 0.15) is 5.82 Å². The van der Waals surface area contributed by atoms with Crippen LogP contribution in [-0.2, 0) is 5.75 Å². The average Bonchev–Trinajstić information content (AvgIpc) is 2.41. The number of carbonyl (C=O) groups is 1. The van der Waals surface area contributed by atoms with Crippen molar-refractivity contribution in [3.05, 3.63) is 70.5 Å². The summed E-state index contributed by atoms with van der Waals surface area (Å²) < 4.78 is 13.4. The molecular weight excluding hydrogens is 283 g/mol. The molecule has 19 heavy (non-hydrogen) atoms. The molecule has 0 atom stereocenters. The van der Waals surface area contributed by atoms with Gasteiger partial charge in [-0.3, -0.25) is 4.79 Å². The van der Waals surface area contributed by atoms with E-state index in [9.17, 15) is 9.18 Å². The summed E-state index contributed by atoms with van der Waals surface area (Å²) in [6, 6.07) is 13.5. The lowest BCUT2D eigenvalue weighted by molar-refractivity contribution is 0.101. The van der Waals surface area contributed by atoms with E-state index in [1.165, 1.54) is 23.9 Å². The Morgan fingerprint density at radius 3 is 2.53 bits per heavy atom. The van der Waals surface area contributed by atoms with Gasteiger partial charge in [-0.05, 0) is 23.8 Å². The van der Waals surface area contributed by atoms with Crippen molar-refractivity contribution >= 4 is 29.1 Å². The Bertz CT molecular complexity index is 586. The molecule has 1 nitrogen and oxygen atoms in total. The van der Waals surface area contributed by atoms with Crippen LogP contribution in [0.15, 0.2) is 48.5 Å². The van der Waals surface area contributed by atoms with Crippen molar-refractivity contribution in [1.82, 2.24) is 0 Å². The van der Waals surface area contributed by atoms with Crippen LogP contribution in [0.25, 0.3) is 0 Å². The Morgan fingerprint density at radius 2 is 1.79 bits per heavy atom. The number of benzene rings is 2. The number of thioether (sulfide) groups is 1. The third-order valence-electron chi connectivity index (χ3n) is 2.62. The molecule has 0 bridgehead atoms. The SMILES string of the molecule is O=C(CSCc1ccccc1Cl)c1ccccc1F. The molecule has 0 fully saturated rings. The molecule has 0 N–H and O–H groups in total. The van der Waals surface area contributed by atoms with Crippen LogP contribution in [-0.4, -0.2) is 11.5 Å². The van der Waals surface area contributed by atoms with E-state index in [2.05, 4.69) is 0 Å². The van der Waals surface area contributed by atoms with Crippen LogP contribution in [0.5, 0.6) is 0 Å². The summed E-state index contributed by atoms with van der Waals surface area (Å²) in [6.45, 7) is 0. The molecule has 0 radical (unpaired) electrons. The Labute approximate surface area is 120 Å². The lowest BCUT2D eigenvalue weighted by Gasteiger charge is -2.04. The largest absolute Gasteiger partial charge is 0.293 e. The Hall–Kier alpha value is -1.32. The van der Waals surface area contributed by atoms with Gasteiger partial charge in [0.15, 0.2) is 5.78 Å². The third kappa shape index (κ3) is 3.82. The van der Waals surface area contributed by atoms with Crippen molar-refractivity contribution in [2.45, 2.75) is 5.75 Å². The Morgan fingerprint density at radius 1 is 1.11 bits per heavy atom. The van der Waals surface area contributed by atoms with Gasteiger partial charge in [-0.25, -0.2) is 4.39 Å². The maximum atomic E-state index is 13.4. The van der Waals surface area contributed by atoms with Crippen LogP contribution >= 0.6 is 23.4 Å². The molecule has 0 aliphatic heterocycles. The van der Waals surface area contributed by atoms with E-state index >= 15 is 0 Å². The third-order valence-corrected chi connectivity index (χ3v) is 3.97. The van der Waals surface area contributed by atoms with Crippen LogP contribution in [0.4, 0.5) is 4.39 Å². The molecule has 2 aromatic carbocycles. The minimum atomic E-state index is -0.467. The quantitative estimate of drug-likeness (QED) is 0.750. The van der Waals surface area contributed by atoms with Gasteiger partial charge >= 0.3 is 0 Å². The second kappa shape index (κ2) is 6.73. The van der Waals surface area contributed by atoms with Gasteiger partial charge in [0.25, 0.3) is 0 Å². The van der Waals surface area contributed by atoms with Crippen molar-refractivity contribution in [1.29, 1.82) is 0 Å². The molecule has 0 aliphatic carbocycles. The predicted molar refractivity (Wildman–Crippen MR) is 78.3 cm³/mol. The fourth-order valence-corrected chi connectivity index (χ4v) is 2.83. The molecule has 0 amide bonds. The minimum Gasteiger partial charge on any atom is -0.293 e. The molecule has 0 aromatic heterocycles. The average molecular weight is 295 g/mol. The number of hydrogen-bond acceptors (Lipinski definition) is 2. The molecular formula is C15H12ClFOS. The van der Waals surface area contributed by atoms with Crippen LogP contribution in [0.2, 0.25) is 5.02 Å². The standard InChI is InChI=1S/C15H12ClFOS/c16-13-7-3-1-5-11(13)9-19-10-15(18)12-6-2-4-8-14(12)17/h1-8H,9-10H2. The summed E-state index contributed by atoms with van der Waals surface area (Å²) >= 11 is 7.46. The second-order valence-electron chi connectivity index (χ2n) is 3.99. The number of rotatable bonds is 5. The van der Waals surface area contributed by atoms with Crippen LogP contribution in [0.1, 0.15) is 15.9 Å². The summed E-state index contributed by atoms with van der Waals surface area (Å²) in [5, 5.41) is 0.688. The highest BCUT2D eigenvalue weighted by molar-refractivity contribution is 7.99. The number of hydrogen-bond donors (Lipinski definition) is 0. The number of halogens is 2. The number of Topliss-reactive ketones (excluding diaryl/α,β-unsaturated/α-hetero) is 1. The first-order valence-electron chi connectivity index (χ1n) is 5.77. The summed E-state index contributed by atoms with van der Waals surface area (Å²) in [4.78, 5) is 11.8. The van der Waals surface area contributed by atoms with E-state index in [1.54, 1.807) is 12.1 Å². The summed E-state index contributed by atoms with van der Waals surface area (Å²) in [6.07, 6.45) is 0. The predicted octanol–water partition coefficient (Wildman–Crippen LogP) is 4.60. The fraction of sp³-hybridized carbons (Fsp3) is 0.133. The normalized spacial score (nSPS) is 10.4. The second-order valence-corrected chi connectivity index (χ2v) is 5.38. The van der Waals surface area contributed by atoms with E-state index in [4.69, 9.17) is 11.6 Å². The first-order valence-corrected chi connectivity index (χ1v) is 7.30. The molecule has 0 saturated heterocycles. The minimum absolute atomic E-state index is 0.147. The molecule has 2 rings (SSSR count). The van der Waals surface area contributed by atoms with Gasteiger partial charge in [0.2, 0.25) is 0 Å². The topological polar surface area (TPSA) is 17.1 Å². The molecule has 98 valence electrons. The van der Waals surface area contributed by atoms with E-state index in [0.717, 1.165) is 5.56 Å². The number of ketones is 1. The molecule has 0 heterocycles. The van der Waals surface area contributed by atoms with Crippen molar-refractivity contribution < 1.29 is 9.18 Å². The molecule has 4 heteroatoms. The zero-order valence-electron chi connectivity index (χ0n) is 10.1. The first kappa shape index (κ1) is 14.1. The molecule has 0 aliphatic rings. The summed E-state index contributed by atoms with van der Waals surface area (Å²) in [5.74, 6) is 0.215. The highest BCUT2D eigenvalue weighted by atomic mass is 35.5. The molecule has 0 saturated carbocycles. The summed E-state index contributed by atoms with van der Waals surface area (Å²) in [5.41, 5.74) is 1.13. The van der Waals surface area contributed by atoms with Gasteiger partial charge in [-0.1, -0.05) is 41.9 Å². The van der Waals surface area contributed by atoms with Crippen molar-refractivity contribution in [3.63, 3.8) is 0 Å². The van der Waals surface area contributed by atoms with E-state index in [1.807, 2.05) is 24.3 Å². The smallest absolute Gasteiger partial charge is 0.175 e. The van der Waals surface area contributed by atoms with Crippen LogP contribution < -0.4 is 0 Å². The van der Waals surface area contributed by atoms with Gasteiger partial charge in [-0.15, -0.1) is 11.8 Å². The Kier molecular flexibility index (Phi) is 5.00. The van der Waals surface area contributed by atoms with Gasteiger partial charge in [-0.2, -0.15) is 0 Å². The highest BCUT2D eigenvalue weighted by Gasteiger charge is 2.11. The first-order chi connectivity index (χ1) is 9.18. The van der Waals surface area contributed by atoms with E-state index < -0.39 is 5.82 Å². The van der Waals surface area contributed by atoms with Crippen molar-refractivity contribution in [2.75, 3.05) is 5.75 Å².